The molecule has 0 aliphatic carbocycles. The number of thioether (sulfide) groups is 1. The van der Waals surface area contributed by atoms with Crippen LogP contribution in [0.15, 0.2) is 23.1 Å². The van der Waals surface area contributed by atoms with Crippen LogP contribution in [0.2, 0.25) is 0 Å². The van der Waals surface area contributed by atoms with Crippen molar-refractivity contribution in [1.82, 2.24) is 5.32 Å². The largest absolute Gasteiger partial charge is 0.480 e. The van der Waals surface area contributed by atoms with E-state index in [0.29, 0.717) is 0 Å². The number of carboxylic acids is 1. The topological polar surface area (TPSA) is 153 Å². The lowest BCUT2D eigenvalue weighted by Crippen LogP contribution is -2.39. The number of hydrogen-bond acceptors (Lipinski definition) is 6. The maximum Gasteiger partial charge on any atom is 0.325 e. The average Bonchev–Trinajstić information content (AvgIpc) is 2.44. The molecule has 1 aromatic carbocycles. The van der Waals surface area contributed by atoms with Gasteiger partial charge in [-0.25, -0.2) is 0 Å². The number of carboxylic acid groups (broad SMARTS) is 1. The van der Waals surface area contributed by atoms with Gasteiger partial charge in [-0.05, 0) is 19.1 Å². The number of nitro groups is 1. The average molecular weight is 327 g/mol. The summed E-state index contributed by atoms with van der Waals surface area (Å²) in [6, 6.07) is 2.61. The van der Waals surface area contributed by atoms with E-state index in [0.717, 1.165) is 17.8 Å². The van der Waals surface area contributed by atoms with Gasteiger partial charge in [0.2, 0.25) is 11.8 Å². The third-order valence-corrected chi connectivity index (χ3v) is 3.61. The van der Waals surface area contributed by atoms with Crippen molar-refractivity contribution >= 4 is 35.2 Å². The molecule has 0 aliphatic rings. The molecule has 10 heteroatoms. The summed E-state index contributed by atoms with van der Waals surface area (Å²) in [4.78, 5) is 43.6. The van der Waals surface area contributed by atoms with Crippen LogP contribution in [0.4, 0.5) is 5.69 Å². The summed E-state index contributed by atoms with van der Waals surface area (Å²) in [6.07, 6.45) is 0. The summed E-state index contributed by atoms with van der Waals surface area (Å²) in [5, 5.41) is 21.9. The zero-order valence-electron chi connectivity index (χ0n) is 11.4. The van der Waals surface area contributed by atoms with Crippen LogP contribution < -0.4 is 11.1 Å². The Labute approximate surface area is 129 Å². The quantitative estimate of drug-likeness (QED) is 0.371. The molecule has 2 amide bonds. The maximum absolute atomic E-state index is 11.5. The Morgan fingerprint density at radius 3 is 2.59 bits per heavy atom. The Balaban J connectivity index is 2.81. The summed E-state index contributed by atoms with van der Waals surface area (Å²) < 4.78 is 0. The molecule has 1 rings (SSSR count). The molecule has 1 aromatic rings. The predicted octanol–water partition coefficient (Wildman–Crippen LogP) is 0.375. The Morgan fingerprint density at radius 1 is 1.45 bits per heavy atom. The molecular weight excluding hydrogens is 314 g/mol. The first-order valence-corrected chi connectivity index (χ1v) is 6.94. The zero-order valence-corrected chi connectivity index (χ0v) is 12.3. The van der Waals surface area contributed by atoms with E-state index in [2.05, 4.69) is 5.32 Å². The fourth-order valence-electron chi connectivity index (χ4n) is 1.42. The third kappa shape index (κ3) is 4.74. The number of carbonyl (C=O) groups excluding carboxylic acids is 2. The van der Waals surface area contributed by atoms with Gasteiger partial charge in [0.15, 0.2) is 0 Å². The molecule has 9 nitrogen and oxygen atoms in total. The summed E-state index contributed by atoms with van der Waals surface area (Å²) in [7, 11) is 0. The number of amides is 2. The minimum atomic E-state index is -1.19. The standard InChI is InChI=1S/C12H13N3O6S/c1-6(12(18)19)14-10(16)5-22-9-3-2-7(11(13)17)4-8(9)15(20)21/h2-4,6H,5H2,1H3,(H2,13,17)(H,14,16)(H,18,19)/t6-/m0/s1. The van der Waals surface area contributed by atoms with Crippen molar-refractivity contribution in [2.24, 2.45) is 5.73 Å². The molecule has 0 fully saturated rings. The molecule has 0 heterocycles. The molecule has 0 bridgehead atoms. The van der Waals surface area contributed by atoms with Gasteiger partial charge in [-0.3, -0.25) is 24.5 Å². The van der Waals surface area contributed by atoms with Crippen LogP contribution in [0.3, 0.4) is 0 Å². The van der Waals surface area contributed by atoms with Crippen molar-refractivity contribution < 1.29 is 24.4 Å². The van der Waals surface area contributed by atoms with Gasteiger partial charge >= 0.3 is 5.97 Å². The Kier molecular flexibility index (Phi) is 5.87. The van der Waals surface area contributed by atoms with Crippen LogP contribution in [0, 0.1) is 10.1 Å². The number of aliphatic carboxylic acids is 1. The first-order chi connectivity index (χ1) is 10.2. The van der Waals surface area contributed by atoms with Crippen LogP contribution in [0.25, 0.3) is 0 Å². The number of primary amides is 1. The highest BCUT2D eigenvalue weighted by Gasteiger charge is 2.19. The Bertz CT molecular complexity index is 633. The Hall–Kier alpha value is -2.62. The Morgan fingerprint density at radius 2 is 2.09 bits per heavy atom. The highest BCUT2D eigenvalue weighted by atomic mass is 32.2. The van der Waals surface area contributed by atoms with Crippen molar-refractivity contribution in [3.63, 3.8) is 0 Å². The minimum absolute atomic E-state index is 0.0139. The molecule has 0 saturated carbocycles. The fourth-order valence-corrected chi connectivity index (χ4v) is 2.24. The lowest BCUT2D eigenvalue weighted by Gasteiger charge is -2.09. The summed E-state index contributed by atoms with van der Waals surface area (Å²) in [6.45, 7) is 1.30. The molecule has 1 atom stereocenters. The van der Waals surface area contributed by atoms with E-state index in [4.69, 9.17) is 10.8 Å². The van der Waals surface area contributed by atoms with Crippen LogP contribution in [0.5, 0.6) is 0 Å². The van der Waals surface area contributed by atoms with Gasteiger partial charge in [0.25, 0.3) is 5.69 Å². The van der Waals surface area contributed by atoms with Crippen LogP contribution in [0.1, 0.15) is 17.3 Å². The normalized spacial score (nSPS) is 11.5. The first-order valence-electron chi connectivity index (χ1n) is 5.95. The monoisotopic (exact) mass is 327 g/mol. The molecule has 4 N–H and O–H groups in total. The number of nitro benzene ring substituents is 1. The molecule has 0 saturated heterocycles. The molecular formula is C12H13N3O6S. The third-order valence-electron chi connectivity index (χ3n) is 2.55. The van der Waals surface area contributed by atoms with Gasteiger partial charge < -0.3 is 16.2 Å². The number of nitrogens with one attached hydrogen (secondary N) is 1. The van der Waals surface area contributed by atoms with Gasteiger partial charge in [-0.2, -0.15) is 0 Å². The van der Waals surface area contributed by atoms with Crippen molar-refractivity contribution in [3.8, 4) is 0 Å². The smallest absolute Gasteiger partial charge is 0.325 e. The lowest BCUT2D eigenvalue weighted by molar-refractivity contribution is -0.387. The number of nitrogens with zero attached hydrogens (tertiary/aromatic N) is 1. The van der Waals surface area contributed by atoms with Gasteiger partial charge in [-0.15, -0.1) is 11.8 Å². The van der Waals surface area contributed by atoms with Crippen LogP contribution >= 0.6 is 11.8 Å². The molecule has 0 aromatic heterocycles. The van der Waals surface area contributed by atoms with Crippen LogP contribution in [-0.4, -0.2) is 39.6 Å². The summed E-state index contributed by atoms with van der Waals surface area (Å²) >= 11 is 0.859. The summed E-state index contributed by atoms with van der Waals surface area (Å²) in [5.41, 5.74) is 4.69. The maximum atomic E-state index is 11.5. The van der Waals surface area contributed by atoms with Gasteiger partial charge in [0.1, 0.15) is 6.04 Å². The highest BCUT2D eigenvalue weighted by molar-refractivity contribution is 8.00. The van der Waals surface area contributed by atoms with Crippen molar-refractivity contribution in [1.29, 1.82) is 0 Å². The van der Waals surface area contributed by atoms with Crippen molar-refractivity contribution in [2.45, 2.75) is 17.9 Å². The number of nitrogens with two attached hydrogens (primary N) is 1. The molecule has 0 radical (unpaired) electrons. The predicted molar refractivity (Wildman–Crippen MR) is 77.6 cm³/mol. The number of carbonyl (C=O) groups is 3. The SMILES string of the molecule is C[C@H](NC(=O)CSc1ccc(C(N)=O)cc1[N+](=O)[O-])C(=O)O. The molecule has 0 aliphatic heterocycles. The minimum Gasteiger partial charge on any atom is -0.480 e. The molecule has 0 unspecified atom stereocenters. The van der Waals surface area contributed by atoms with E-state index in [-0.39, 0.29) is 21.9 Å². The van der Waals surface area contributed by atoms with Crippen molar-refractivity contribution in [3.05, 3.63) is 33.9 Å². The van der Waals surface area contributed by atoms with Crippen molar-refractivity contribution in [2.75, 3.05) is 5.75 Å². The van der Waals surface area contributed by atoms with E-state index in [1.54, 1.807) is 0 Å². The highest BCUT2D eigenvalue weighted by Crippen LogP contribution is 2.29. The van der Waals surface area contributed by atoms with E-state index in [1.165, 1.54) is 19.1 Å². The second kappa shape index (κ2) is 7.41. The van der Waals surface area contributed by atoms with E-state index in [1.807, 2.05) is 0 Å². The number of benzene rings is 1. The zero-order chi connectivity index (χ0) is 16.9. The molecule has 118 valence electrons. The lowest BCUT2D eigenvalue weighted by atomic mass is 10.2. The second-order valence-corrected chi connectivity index (χ2v) is 5.24. The first kappa shape index (κ1) is 17.4. The number of rotatable bonds is 7. The van der Waals surface area contributed by atoms with Gasteiger partial charge in [0, 0.05) is 11.6 Å². The number of hydrogen-bond donors (Lipinski definition) is 3. The van der Waals surface area contributed by atoms with E-state index < -0.39 is 28.7 Å². The van der Waals surface area contributed by atoms with Gasteiger partial charge in [0.05, 0.1) is 15.6 Å². The molecule has 22 heavy (non-hydrogen) atoms. The van der Waals surface area contributed by atoms with E-state index in [9.17, 15) is 24.5 Å². The van der Waals surface area contributed by atoms with E-state index >= 15 is 0 Å². The van der Waals surface area contributed by atoms with Crippen LogP contribution in [-0.2, 0) is 9.59 Å². The second-order valence-electron chi connectivity index (χ2n) is 4.22. The fraction of sp³-hybridized carbons (Fsp3) is 0.250. The molecule has 0 spiro atoms. The van der Waals surface area contributed by atoms with Gasteiger partial charge in [-0.1, -0.05) is 0 Å². The summed E-state index contributed by atoms with van der Waals surface area (Å²) in [5.74, 6) is -2.76.